The minimum Gasteiger partial charge on any atom is -0.492 e. The van der Waals surface area contributed by atoms with Gasteiger partial charge in [-0.15, -0.1) is 0 Å². The number of rotatable bonds is 4. The van der Waals surface area contributed by atoms with Crippen LogP contribution in [0, 0.1) is 0 Å². The van der Waals surface area contributed by atoms with Gasteiger partial charge in [0, 0.05) is 5.56 Å². The number of hydrogen-bond donors (Lipinski definition) is 1. The van der Waals surface area contributed by atoms with Gasteiger partial charge in [0.25, 0.3) is 0 Å². The summed E-state index contributed by atoms with van der Waals surface area (Å²) in [7, 11) is 0. The van der Waals surface area contributed by atoms with Crippen LogP contribution < -0.4 is 10.5 Å². The Labute approximate surface area is 94.0 Å². The van der Waals surface area contributed by atoms with E-state index in [-0.39, 0.29) is 0 Å². The van der Waals surface area contributed by atoms with Gasteiger partial charge in [-0.3, -0.25) is 0 Å². The molecule has 2 N–H and O–H groups in total. The Morgan fingerprint density at radius 2 is 2.29 bits per heavy atom. The Kier molecular flexibility index (Phi) is 4.17. The zero-order valence-electron chi connectivity index (χ0n) is 7.92. The number of halogens is 1. The summed E-state index contributed by atoms with van der Waals surface area (Å²) >= 11 is 10.8. The van der Waals surface area contributed by atoms with Gasteiger partial charge in [0.05, 0.1) is 11.6 Å². The van der Waals surface area contributed by atoms with E-state index in [1.54, 1.807) is 18.2 Å². The van der Waals surface area contributed by atoms with E-state index < -0.39 is 0 Å². The fraction of sp³-hybridized carbons (Fsp3) is 0.300. The molecule has 0 bridgehead atoms. The minimum absolute atomic E-state index is 0.342. The van der Waals surface area contributed by atoms with Crippen molar-refractivity contribution in [1.29, 1.82) is 0 Å². The molecule has 4 heteroatoms. The maximum absolute atomic E-state index is 5.97. The Morgan fingerprint density at radius 3 is 2.79 bits per heavy atom. The van der Waals surface area contributed by atoms with Crippen molar-refractivity contribution in [1.82, 2.24) is 0 Å². The number of thiocarbonyl (C=S) groups is 1. The molecule has 0 saturated carbocycles. The van der Waals surface area contributed by atoms with Crippen molar-refractivity contribution in [2.24, 2.45) is 5.73 Å². The maximum atomic E-state index is 5.97. The SMILES string of the molecule is CCCOc1ccc(C(N)=S)cc1Cl. The monoisotopic (exact) mass is 229 g/mol. The number of benzene rings is 1. The van der Waals surface area contributed by atoms with E-state index in [9.17, 15) is 0 Å². The molecule has 0 amide bonds. The highest BCUT2D eigenvalue weighted by molar-refractivity contribution is 7.80. The summed E-state index contributed by atoms with van der Waals surface area (Å²) in [5.41, 5.74) is 6.22. The van der Waals surface area contributed by atoms with Crippen molar-refractivity contribution in [2.75, 3.05) is 6.61 Å². The lowest BCUT2D eigenvalue weighted by Gasteiger charge is -2.07. The average molecular weight is 230 g/mol. The molecule has 1 aromatic carbocycles. The van der Waals surface area contributed by atoms with Gasteiger partial charge >= 0.3 is 0 Å². The maximum Gasteiger partial charge on any atom is 0.137 e. The first kappa shape index (κ1) is 11.3. The van der Waals surface area contributed by atoms with Crippen molar-refractivity contribution >= 4 is 28.8 Å². The predicted molar refractivity (Wildman–Crippen MR) is 63.1 cm³/mol. The summed E-state index contributed by atoms with van der Waals surface area (Å²) in [5.74, 6) is 0.675. The second-order valence-electron chi connectivity index (χ2n) is 2.86. The molecular formula is C10H12ClNOS. The van der Waals surface area contributed by atoms with Gasteiger partial charge in [0.15, 0.2) is 0 Å². The molecule has 14 heavy (non-hydrogen) atoms. The lowest BCUT2D eigenvalue weighted by molar-refractivity contribution is 0.317. The van der Waals surface area contributed by atoms with Crippen molar-refractivity contribution in [3.63, 3.8) is 0 Å². The molecule has 0 fully saturated rings. The fourth-order valence-corrected chi connectivity index (χ4v) is 1.35. The Hall–Kier alpha value is -0.800. The van der Waals surface area contributed by atoms with E-state index in [1.807, 2.05) is 6.92 Å². The Balaban J connectivity index is 2.84. The van der Waals surface area contributed by atoms with Crippen LogP contribution in [0.4, 0.5) is 0 Å². The molecule has 0 atom stereocenters. The van der Waals surface area contributed by atoms with E-state index in [0.717, 1.165) is 12.0 Å². The summed E-state index contributed by atoms with van der Waals surface area (Å²) in [6, 6.07) is 5.31. The molecule has 1 rings (SSSR count). The lowest BCUT2D eigenvalue weighted by atomic mass is 10.2. The van der Waals surface area contributed by atoms with E-state index in [1.165, 1.54) is 0 Å². The number of hydrogen-bond acceptors (Lipinski definition) is 2. The first-order valence-electron chi connectivity index (χ1n) is 4.37. The Morgan fingerprint density at radius 1 is 1.57 bits per heavy atom. The van der Waals surface area contributed by atoms with Crippen LogP contribution in [-0.2, 0) is 0 Å². The molecule has 0 radical (unpaired) electrons. The smallest absolute Gasteiger partial charge is 0.137 e. The standard InChI is InChI=1S/C10H12ClNOS/c1-2-5-13-9-4-3-7(10(12)14)6-8(9)11/h3-4,6H,2,5H2,1H3,(H2,12,14). The molecule has 1 aromatic rings. The quantitative estimate of drug-likeness (QED) is 0.807. The summed E-state index contributed by atoms with van der Waals surface area (Å²) in [6.07, 6.45) is 0.952. The van der Waals surface area contributed by atoms with Gasteiger partial charge in [-0.2, -0.15) is 0 Å². The molecule has 0 unspecified atom stereocenters. The van der Waals surface area contributed by atoms with Crippen LogP contribution in [0.2, 0.25) is 5.02 Å². The van der Waals surface area contributed by atoms with Crippen LogP contribution in [0.5, 0.6) is 5.75 Å². The molecule has 0 spiro atoms. The van der Waals surface area contributed by atoms with Crippen LogP contribution in [-0.4, -0.2) is 11.6 Å². The zero-order chi connectivity index (χ0) is 10.6. The topological polar surface area (TPSA) is 35.2 Å². The van der Waals surface area contributed by atoms with Crippen LogP contribution in [0.1, 0.15) is 18.9 Å². The second kappa shape index (κ2) is 5.17. The number of nitrogens with two attached hydrogens (primary N) is 1. The predicted octanol–water partition coefficient (Wildman–Crippen LogP) is 2.76. The molecule has 0 aromatic heterocycles. The third-order valence-electron chi connectivity index (χ3n) is 1.68. The largest absolute Gasteiger partial charge is 0.492 e. The molecule has 0 saturated heterocycles. The highest BCUT2D eigenvalue weighted by atomic mass is 35.5. The fourth-order valence-electron chi connectivity index (χ4n) is 0.983. The third kappa shape index (κ3) is 2.86. The van der Waals surface area contributed by atoms with Gasteiger partial charge < -0.3 is 10.5 Å². The molecule has 2 nitrogen and oxygen atoms in total. The summed E-state index contributed by atoms with van der Waals surface area (Å²) in [5, 5.41) is 0.545. The van der Waals surface area contributed by atoms with Crippen LogP contribution in [0.15, 0.2) is 18.2 Å². The van der Waals surface area contributed by atoms with Gasteiger partial charge in [0.1, 0.15) is 10.7 Å². The van der Waals surface area contributed by atoms with Crippen LogP contribution in [0.3, 0.4) is 0 Å². The highest BCUT2D eigenvalue weighted by Crippen LogP contribution is 2.25. The molecular weight excluding hydrogens is 218 g/mol. The third-order valence-corrected chi connectivity index (χ3v) is 2.21. The van der Waals surface area contributed by atoms with Crippen molar-refractivity contribution in [2.45, 2.75) is 13.3 Å². The van der Waals surface area contributed by atoms with Gasteiger partial charge in [-0.05, 0) is 24.6 Å². The lowest BCUT2D eigenvalue weighted by Crippen LogP contribution is -2.09. The van der Waals surface area contributed by atoms with Gasteiger partial charge in [0.2, 0.25) is 0 Å². The van der Waals surface area contributed by atoms with E-state index in [0.29, 0.717) is 22.4 Å². The number of ether oxygens (including phenoxy) is 1. The van der Waals surface area contributed by atoms with E-state index >= 15 is 0 Å². The van der Waals surface area contributed by atoms with Crippen molar-refractivity contribution in [3.8, 4) is 5.75 Å². The van der Waals surface area contributed by atoms with E-state index in [2.05, 4.69) is 0 Å². The first-order valence-corrected chi connectivity index (χ1v) is 5.16. The van der Waals surface area contributed by atoms with Gasteiger partial charge in [-0.1, -0.05) is 30.7 Å². The minimum atomic E-state index is 0.342. The normalized spacial score (nSPS) is 9.86. The van der Waals surface area contributed by atoms with E-state index in [4.69, 9.17) is 34.3 Å². The van der Waals surface area contributed by atoms with Gasteiger partial charge in [-0.25, -0.2) is 0 Å². The Bertz CT molecular complexity index is 341. The molecule has 0 aliphatic rings. The second-order valence-corrected chi connectivity index (χ2v) is 3.70. The van der Waals surface area contributed by atoms with Crippen LogP contribution >= 0.6 is 23.8 Å². The van der Waals surface area contributed by atoms with Crippen molar-refractivity contribution < 1.29 is 4.74 Å². The first-order chi connectivity index (χ1) is 6.65. The summed E-state index contributed by atoms with van der Waals surface area (Å²) in [4.78, 5) is 0.342. The molecule has 76 valence electrons. The highest BCUT2D eigenvalue weighted by Gasteiger charge is 2.03. The van der Waals surface area contributed by atoms with Crippen molar-refractivity contribution in [3.05, 3.63) is 28.8 Å². The average Bonchev–Trinajstić information content (AvgIpc) is 2.15. The zero-order valence-corrected chi connectivity index (χ0v) is 9.49. The molecule has 0 aliphatic heterocycles. The molecule has 0 aliphatic carbocycles. The summed E-state index contributed by atoms with van der Waals surface area (Å²) in [6.45, 7) is 2.70. The van der Waals surface area contributed by atoms with Crippen LogP contribution in [0.25, 0.3) is 0 Å². The summed E-state index contributed by atoms with van der Waals surface area (Å²) < 4.78 is 5.40. The molecule has 0 heterocycles.